The SMILES string of the molecule is O=C(NCc1cccnc1)c1ccnc(N2CCN(C(=O)c3ccco3)CC2)n1. The second kappa shape index (κ2) is 8.51. The molecule has 0 unspecified atom stereocenters. The number of pyridine rings is 1. The highest BCUT2D eigenvalue weighted by molar-refractivity contribution is 5.92. The average molecular weight is 392 g/mol. The third-order valence-corrected chi connectivity index (χ3v) is 4.63. The maximum Gasteiger partial charge on any atom is 0.289 e. The van der Waals surface area contributed by atoms with E-state index in [4.69, 9.17) is 4.42 Å². The van der Waals surface area contributed by atoms with Gasteiger partial charge in [0, 0.05) is 51.3 Å². The summed E-state index contributed by atoms with van der Waals surface area (Å²) in [6.45, 7) is 2.58. The summed E-state index contributed by atoms with van der Waals surface area (Å²) in [6, 6.07) is 8.65. The monoisotopic (exact) mass is 392 g/mol. The van der Waals surface area contributed by atoms with E-state index in [9.17, 15) is 9.59 Å². The lowest BCUT2D eigenvalue weighted by molar-refractivity contribution is 0.0714. The number of carbonyl (C=O) groups excluding carboxylic acids is 2. The third-order valence-electron chi connectivity index (χ3n) is 4.63. The van der Waals surface area contributed by atoms with Crippen molar-refractivity contribution in [2.24, 2.45) is 0 Å². The van der Waals surface area contributed by atoms with Crippen molar-refractivity contribution in [3.8, 4) is 0 Å². The summed E-state index contributed by atoms with van der Waals surface area (Å²) in [5.74, 6) is 0.411. The van der Waals surface area contributed by atoms with E-state index < -0.39 is 0 Å². The molecule has 1 N–H and O–H groups in total. The number of amides is 2. The van der Waals surface area contributed by atoms with Crippen LogP contribution in [0.5, 0.6) is 0 Å². The van der Waals surface area contributed by atoms with Crippen molar-refractivity contribution in [2.45, 2.75) is 6.54 Å². The van der Waals surface area contributed by atoms with E-state index in [1.54, 1.807) is 41.7 Å². The molecule has 9 nitrogen and oxygen atoms in total. The Morgan fingerprint density at radius 2 is 1.93 bits per heavy atom. The second-order valence-corrected chi connectivity index (χ2v) is 6.54. The number of hydrogen-bond donors (Lipinski definition) is 1. The van der Waals surface area contributed by atoms with Crippen LogP contribution in [0.25, 0.3) is 0 Å². The van der Waals surface area contributed by atoms with Crippen molar-refractivity contribution in [2.75, 3.05) is 31.1 Å². The van der Waals surface area contributed by atoms with Crippen molar-refractivity contribution < 1.29 is 14.0 Å². The van der Waals surface area contributed by atoms with Crippen LogP contribution >= 0.6 is 0 Å². The predicted octanol–water partition coefficient (Wildman–Crippen LogP) is 1.36. The number of nitrogens with zero attached hydrogens (tertiary/aromatic N) is 5. The van der Waals surface area contributed by atoms with Gasteiger partial charge in [0.2, 0.25) is 5.95 Å². The van der Waals surface area contributed by atoms with Gasteiger partial charge in [-0.2, -0.15) is 0 Å². The summed E-state index contributed by atoms with van der Waals surface area (Å²) in [6.07, 6.45) is 6.45. The maximum atomic E-state index is 12.4. The second-order valence-electron chi connectivity index (χ2n) is 6.54. The number of anilines is 1. The van der Waals surface area contributed by atoms with Crippen LogP contribution in [0.2, 0.25) is 0 Å². The van der Waals surface area contributed by atoms with E-state index >= 15 is 0 Å². The van der Waals surface area contributed by atoms with Gasteiger partial charge in [-0.15, -0.1) is 0 Å². The molecule has 0 aromatic carbocycles. The lowest BCUT2D eigenvalue weighted by Crippen LogP contribution is -2.49. The molecule has 3 aromatic rings. The number of piperazine rings is 1. The van der Waals surface area contributed by atoms with Gasteiger partial charge in [0.15, 0.2) is 5.76 Å². The fourth-order valence-corrected chi connectivity index (χ4v) is 3.07. The van der Waals surface area contributed by atoms with Crippen LogP contribution in [-0.4, -0.2) is 57.8 Å². The molecule has 0 aliphatic carbocycles. The molecule has 1 saturated heterocycles. The lowest BCUT2D eigenvalue weighted by atomic mass is 10.2. The summed E-state index contributed by atoms with van der Waals surface area (Å²) in [4.78, 5) is 41.2. The molecule has 1 aliphatic rings. The zero-order valence-electron chi connectivity index (χ0n) is 15.7. The van der Waals surface area contributed by atoms with Crippen molar-refractivity contribution in [3.63, 3.8) is 0 Å². The van der Waals surface area contributed by atoms with E-state index in [0.29, 0.717) is 50.1 Å². The minimum absolute atomic E-state index is 0.126. The van der Waals surface area contributed by atoms with Crippen LogP contribution < -0.4 is 10.2 Å². The molecule has 9 heteroatoms. The highest BCUT2D eigenvalue weighted by atomic mass is 16.3. The average Bonchev–Trinajstić information content (AvgIpc) is 3.33. The van der Waals surface area contributed by atoms with Gasteiger partial charge in [0.1, 0.15) is 5.69 Å². The molecule has 3 aromatic heterocycles. The lowest BCUT2D eigenvalue weighted by Gasteiger charge is -2.34. The minimum Gasteiger partial charge on any atom is -0.459 e. The quantitative estimate of drug-likeness (QED) is 0.699. The van der Waals surface area contributed by atoms with Crippen LogP contribution in [0, 0.1) is 0 Å². The third kappa shape index (κ3) is 4.40. The van der Waals surface area contributed by atoms with Gasteiger partial charge in [-0.3, -0.25) is 14.6 Å². The number of carbonyl (C=O) groups is 2. The van der Waals surface area contributed by atoms with E-state index in [1.165, 1.54) is 6.26 Å². The number of furan rings is 1. The first kappa shape index (κ1) is 18.6. The fraction of sp³-hybridized carbons (Fsp3) is 0.250. The van der Waals surface area contributed by atoms with Crippen molar-refractivity contribution >= 4 is 17.8 Å². The Kier molecular flexibility index (Phi) is 5.46. The summed E-state index contributed by atoms with van der Waals surface area (Å²) >= 11 is 0. The number of hydrogen-bond acceptors (Lipinski definition) is 7. The molecule has 0 atom stereocenters. The smallest absolute Gasteiger partial charge is 0.289 e. The predicted molar refractivity (Wildman–Crippen MR) is 104 cm³/mol. The largest absolute Gasteiger partial charge is 0.459 e. The summed E-state index contributed by atoms with van der Waals surface area (Å²) in [5, 5.41) is 2.83. The Hall–Kier alpha value is -3.75. The summed E-state index contributed by atoms with van der Waals surface area (Å²) < 4.78 is 5.18. The van der Waals surface area contributed by atoms with Crippen LogP contribution in [0.1, 0.15) is 26.6 Å². The minimum atomic E-state index is -0.274. The molecule has 4 heterocycles. The molecular weight excluding hydrogens is 372 g/mol. The molecule has 0 radical (unpaired) electrons. The van der Waals surface area contributed by atoms with Gasteiger partial charge in [-0.05, 0) is 29.8 Å². The first-order valence-corrected chi connectivity index (χ1v) is 9.28. The van der Waals surface area contributed by atoms with Gasteiger partial charge in [-0.25, -0.2) is 9.97 Å². The Labute approximate surface area is 167 Å². The maximum absolute atomic E-state index is 12.4. The zero-order chi connectivity index (χ0) is 20.1. The standard InChI is InChI=1S/C20H20N6O3/c27-18(23-14-15-3-1-6-21-13-15)16-5-7-22-20(24-16)26-10-8-25(9-11-26)19(28)17-4-2-12-29-17/h1-7,12-13H,8-11,14H2,(H,23,27). The first-order valence-electron chi connectivity index (χ1n) is 9.28. The zero-order valence-corrected chi connectivity index (χ0v) is 15.7. The Morgan fingerprint density at radius 3 is 2.66 bits per heavy atom. The summed E-state index contributed by atoms with van der Waals surface area (Å²) in [7, 11) is 0. The van der Waals surface area contributed by atoms with Crippen LogP contribution in [0.15, 0.2) is 59.6 Å². The van der Waals surface area contributed by atoms with Crippen LogP contribution in [-0.2, 0) is 6.54 Å². The van der Waals surface area contributed by atoms with Crippen molar-refractivity contribution in [1.29, 1.82) is 0 Å². The topological polar surface area (TPSA) is 104 Å². The van der Waals surface area contributed by atoms with E-state index in [-0.39, 0.29) is 11.8 Å². The number of nitrogens with one attached hydrogen (secondary N) is 1. The molecule has 2 amide bonds. The van der Waals surface area contributed by atoms with E-state index in [2.05, 4.69) is 20.3 Å². The fourth-order valence-electron chi connectivity index (χ4n) is 3.07. The highest BCUT2D eigenvalue weighted by Crippen LogP contribution is 2.14. The van der Waals surface area contributed by atoms with Gasteiger partial charge in [0.25, 0.3) is 11.8 Å². The van der Waals surface area contributed by atoms with Crippen LogP contribution in [0.3, 0.4) is 0 Å². The molecule has 148 valence electrons. The molecule has 29 heavy (non-hydrogen) atoms. The molecule has 0 spiro atoms. The van der Waals surface area contributed by atoms with E-state index in [0.717, 1.165) is 5.56 Å². The van der Waals surface area contributed by atoms with Crippen molar-refractivity contribution in [1.82, 2.24) is 25.2 Å². The molecule has 0 bridgehead atoms. The van der Waals surface area contributed by atoms with Crippen LogP contribution in [0.4, 0.5) is 5.95 Å². The molecular formula is C20H20N6O3. The Bertz CT molecular complexity index is 969. The van der Waals surface area contributed by atoms with Gasteiger partial charge in [-0.1, -0.05) is 6.07 Å². The highest BCUT2D eigenvalue weighted by Gasteiger charge is 2.25. The number of aromatic nitrogens is 3. The first-order chi connectivity index (χ1) is 14.2. The molecule has 1 aliphatic heterocycles. The van der Waals surface area contributed by atoms with Gasteiger partial charge >= 0.3 is 0 Å². The van der Waals surface area contributed by atoms with Crippen molar-refractivity contribution in [3.05, 3.63) is 72.2 Å². The normalized spacial score (nSPS) is 13.9. The molecule has 1 fully saturated rings. The number of rotatable bonds is 5. The molecule has 0 saturated carbocycles. The summed E-state index contributed by atoms with van der Waals surface area (Å²) in [5.41, 5.74) is 1.21. The Balaban J connectivity index is 1.35. The van der Waals surface area contributed by atoms with E-state index in [1.807, 2.05) is 17.0 Å². The van der Waals surface area contributed by atoms with Gasteiger partial charge in [0.05, 0.1) is 6.26 Å². The van der Waals surface area contributed by atoms with Gasteiger partial charge < -0.3 is 19.5 Å². The molecule has 4 rings (SSSR count). The Morgan fingerprint density at radius 1 is 1.07 bits per heavy atom.